The van der Waals surface area contributed by atoms with E-state index < -0.39 is 0 Å². The van der Waals surface area contributed by atoms with E-state index >= 15 is 0 Å². The highest BCUT2D eigenvalue weighted by atomic mass is 35.5. The van der Waals surface area contributed by atoms with Gasteiger partial charge in [0.25, 0.3) is 0 Å². The maximum absolute atomic E-state index is 5.83. The first-order chi connectivity index (χ1) is 7.33. The fourth-order valence-electron chi connectivity index (χ4n) is 1.12. The van der Waals surface area contributed by atoms with Gasteiger partial charge in [-0.3, -0.25) is 0 Å². The first-order valence-electron chi connectivity index (χ1n) is 4.93. The van der Waals surface area contributed by atoms with Crippen molar-refractivity contribution in [1.29, 1.82) is 0 Å². The number of halogens is 1. The van der Waals surface area contributed by atoms with E-state index in [1.807, 2.05) is 24.3 Å². The predicted octanol–water partition coefficient (Wildman–Crippen LogP) is 1.83. The highest BCUT2D eigenvalue weighted by molar-refractivity contribution is 6.30. The lowest BCUT2D eigenvalue weighted by Gasteiger charge is -2.05. The van der Waals surface area contributed by atoms with Gasteiger partial charge in [0.05, 0.1) is 26.4 Å². The van der Waals surface area contributed by atoms with Crippen molar-refractivity contribution >= 4 is 11.6 Å². The van der Waals surface area contributed by atoms with E-state index in [0.717, 1.165) is 10.6 Å². The van der Waals surface area contributed by atoms with Crippen LogP contribution in [-0.2, 0) is 16.1 Å². The van der Waals surface area contributed by atoms with E-state index in [9.17, 15) is 0 Å². The molecule has 0 fully saturated rings. The van der Waals surface area contributed by atoms with Crippen LogP contribution in [0.15, 0.2) is 24.3 Å². The molecule has 4 heteroatoms. The van der Waals surface area contributed by atoms with Gasteiger partial charge in [-0.1, -0.05) is 23.7 Å². The molecule has 1 aromatic carbocycles. The zero-order valence-electron chi connectivity index (χ0n) is 8.62. The fraction of sp³-hybridized carbons (Fsp3) is 0.455. The van der Waals surface area contributed by atoms with Crippen LogP contribution in [0.4, 0.5) is 0 Å². The van der Waals surface area contributed by atoms with Crippen molar-refractivity contribution in [2.24, 2.45) is 5.73 Å². The van der Waals surface area contributed by atoms with Gasteiger partial charge in [-0.05, 0) is 17.7 Å². The molecule has 2 N–H and O–H groups in total. The molecule has 0 aliphatic heterocycles. The summed E-state index contributed by atoms with van der Waals surface area (Å²) in [5.74, 6) is 0. The Balaban J connectivity index is 2.10. The van der Waals surface area contributed by atoms with Gasteiger partial charge in [0, 0.05) is 11.6 Å². The molecule has 0 aliphatic rings. The molecule has 84 valence electrons. The highest BCUT2D eigenvalue weighted by Gasteiger charge is 1.94. The number of nitrogens with two attached hydrogens (primary N) is 1. The van der Waals surface area contributed by atoms with Crippen LogP contribution in [0.1, 0.15) is 5.56 Å². The maximum atomic E-state index is 5.83. The minimum Gasteiger partial charge on any atom is -0.378 e. The monoisotopic (exact) mass is 229 g/mol. The maximum Gasteiger partial charge on any atom is 0.0718 e. The van der Waals surface area contributed by atoms with Crippen LogP contribution in [0.2, 0.25) is 5.02 Å². The smallest absolute Gasteiger partial charge is 0.0718 e. The average Bonchev–Trinajstić information content (AvgIpc) is 2.23. The van der Waals surface area contributed by atoms with E-state index in [4.69, 9.17) is 26.8 Å². The lowest BCUT2D eigenvalue weighted by molar-refractivity contribution is 0.0433. The lowest BCUT2D eigenvalue weighted by atomic mass is 10.2. The number of rotatable bonds is 7. The Morgan fingerprint density at radius 1 is 1.13 bits per heavy atom. The van der Waals surface area contributed by atoms with Gasteiger partial charge in [0.2, 0.25) is 0 Å². The normalized spacial score (nSPS) is 10.5. The Morgan fingerprint density at radius 2 is 1.93 bits per heavy atom. The van der Waals surface area contributed by atoms with E-state index in [2.05, 4.69) is 0 Å². The van der Waals surface area contributed by atoms with Crippen molar-refractivity contribution in [2.75, 3.05) is 26.4 Å². The molecule has 0 amide bonds. The van der Waals surface area contributed by atoms with Gasteiger partial charge in [-0.15, -0.1) is 0 Å². The summed E-state index contributed by atoms with van der Waals surface area (Å²) in [4.78, 5) is 0. The van der Waals surface area contributed by atoms with Gasteiger partial charge in [-0.2, -0.15) is 0 Å². The molecule has 0 radical (unpaired) electrons. The Bertz CT molecular complexity index is 281. The van der Waals surface area contributed by atoms with Gasteiger partial charge in [0.15, 0.2) is 0 Å². The van der Waals surface area contributed by atoms with Crippen LogP contribution >= 0.6 is 11.6 Å². The van der Waals surface area contributed by atoms with Crippen molar-refractivity contribution in [3.05, 3.63) is 34.9 Å². The quantitative estimate of drug-likeness (QED) is 0.726. The average molecular weight is 230 g/mol. The Hall–Kier alpha value is -0.610. The molecular weight excluding hydrogens is 214 g/mol. The first kappa shape index (κ1) is 12.5. The molecule has 15 heavy (non-hydrogen) atoms. The molecule has 1 aromatic rings. The van der Waals surface area contributed by atoms with Crippen molar-refractivity contribution in [2.45, 2.75) is 6.61 Å². The third kappa shape index (κ3) is 5.74. The molecule has 0 saturated carbocycles. The minimum atomic E-state index is 0.550. The molecule has 3 nitrogen and oxygen atoms in total. The van der Waals surface area contributed by atoms with Gasteiger partial charge < -0.3 is 15.2 Å². The zero-order chi connectivity index (χ0) is 10.9. The highest BCUT2D eigenvalue weighted by Crippen LogP contribution is 2.11. The van der Waals surface area contributed by atoms with Crippen molar-refractivity contribution in [3.63, 3.8) is 0 Å². The Morgan fingerprint density at radius 3 is 2.67 bits per heavy atom. The first-order valence-corrected chi connectivity index (χ1v) is 5.30. The summed E-state index contributed by atoms with van der Waals surface area (Å²) in [7, 11) is 0. The molecular formula is C11H16ClNO2. The molecule has 0 atom stereocenters. The van der Waals surface area contributed by atoms with Crippen LogP contribution < -0.4 is 5.73 Å². The number of hydrogen-bond acceptors (Lipinski definition) is 3. The standard InChI is InChI=1S/C11H16ClNO2/c12-11-3-1-2-10(8-11)9-15-7-6-14-5-4-13/h1-3,8H,4-7,9,13H2. The summed E-state index contributed by atoms with van der Waals surface area (Å²) in [6.45, 7) is 2.85. The number of ether oxygens (including phenoxy) is 2. The van der Waals surface area contributed by atoms with E-state index in [1.54, 1.807) is 0 Å². The van der Waals surface area contributed by atoms with Crippen LogP contribution in [-0.4, -0.2) is 26.4 Å². The lowest BCUT2D eigenvalue weighted by Crippen LogP contribution is -2.11. The molecule has 0 aromatic heterocycles. The zero-order valence-corrected chi connectivity index (χ0v) is 9.37. The van der Waals surface area contributed by atoms with Crippen LogP contribution in [0.25, 0.3) is 0 Å². The molecule has 0 unspecified atom stereocenters. The second-order valence-electron chi connectivity index (χ2n) is 3.08. The predicted molar refractivity (Wildman–Crippen MR) is 61.0 cm³/mol. The van der Waals surface area contributed by atoms with Gasteiger partial charge in [0.1, 0.15) is 0 Å². The summed E-state index contributed by atoms with van der Waals surface area (Å²) in [6.07, 6.45) is 0. The topological polar surface area (TPSA) is 44.5 Å². The molecule has 0 heterocycles. The minimum absolute atomic E-state index is 0.550. The van der Waals surface area contributed by atoms with Crippen LogP contribution in [0.5, 0.6) is 0 Å². The Labute approximate surface area is 95.1 Å². The molecule has 1 rings (SSSR count). The summed E-state index contributed by atoms with van der Waals surface area (Å²) in [5, 5.41) is 0.732. The largest absolute Gasteiger partial charge is 0.378 e. The van der Waals surface area contributed by atoms with Crippen molar-refractivity contribution in [1.82, 2.24) is 0 Å². The molecule has 0 bridgehead atoms. The van der Waals surface area contributed by atoms with Gasteiger partial charge >= 0.3 is 0 Å². The third-order valence-electron chi connectivity index (χ3n) is 1.79. The fourth-order valence-corrected chi connectivity index (χ4v) is 1.33. The second kappa shape index (κ2) is 7.65. The number of benzene rings is 1. The van der Waals surface area contributed by atoms with Crippen LogP contribution in [0.3, 0.4) is 0 Å². The van der Waals surface area contributed by atoms with E-state index in [1.165, 1.54) is 0 Å². The molecule has 0 spiro atoms. The van der Waals surface area contributed by atoms with Crippen LogP contribution in [0, 0.1) is 0 Å². The summed E-state index contributed by atoms with van der Waals surface area (Å²) < 4.78 is 10.6. The van der Waals surface area contributed by atoms with Gasteiger partial charge in [-0.25, -0.2) is 0 Å². The Kier molecular flexibility index (Phi) is 6.36. The summed E-state index contributed by atoms with van der Waals surface area (Å²) in [5.41, 5.74) is 6.34. The summed E-state index contributed by atoms with van der Waals surface area (Å²) in [6, 6.07) is 7.62. The van der Waals surface area contributed by atoms with E-state index in [0.29, 0.717) is 33.0 Å². The molecule has 0 saturated heterocycles. The number of hydrogen-bond donors (Lipinski definition) is 1. The van der Waals surface area contributed by atoms with Crippen molar-refractivity contribution < 1.29 is 9.47 Å². The molecule has 0 aliphatic carbocycles. The van der Waals surface area contributed by atoms with Crippen molar-refractivity contribution in [3.8, 4) is 0 Å². The van der Waals surface area contributed by atoms with E-state index in [-0.39, 0.29) is 0 Å². The SMILES string of the molecule is NCCOCCOCc1cccc(Cl)c1. The summed E-state index contributed by atoms with van der Waals surface area (Å²) >= 11 is 5.83. The third-order valence-corrected chi connectivity index (χ3v) is 2.03. The second-order valence-corrected chi connectivity index (χ2v) is 3.52.